The molecule has 3 aromatic heterocycles. The Labute approximate surface area is 223 Å². The quantitative estimate of drug-likeness (QED) is 0.237. The Morgan fingerprint density at radius 1 is 0.436 bits per heavy atom. The fraction of sp³-hybridized carbons (Fsp3) is 0. The lowest BCUT2D eigenvalue weighted by atomic mass is 10.0. The first-order chi connectivity index (χ1) is 19.3. The van der Waals surface area contributed by atoms with E-state index in [1.165, 1.54) is 10.8 Å². The van der Waals surface area contributed by atoms with Gasteiger partial charge in [-0.1, -0.05) is 91.0 Å². The summed E-state index contributed by atoms with van der Waals surface area (Å²) in [6.07, 6.45) is 0. The maximum atomic E-state index is 6.58. The summed E-state index contributed by atoms with van der Waals surface area (Å²) in [5, 5.41) is 6.85. The molecule has 9 rings (SSSR count). The predicted molar refractivity (Wildman–Crippen MR) is 161 cm³/mol. The smallest absolute Gasteiger partial charge is 0.160 e. The van der Waals surface area contributed by atoms with Gasteiger partial charge in [0.05, 0.1) is 11.0 Å². The maximum Gasteiger partial charge on any atom is 0.160 e. The second-order valence-electron chi connectivity index (χ2n) is 10.1. The number of rotatable bonds is 2. The normalized spacial score (nSPS) is 12.1. The third kappa shape index (κ3) is 2.82. The van der Waals surface area contributed by atoms with Crippen molar-refractivity contribution in [3.63, 3.8) is 0 Å². The van der Waals surface area contributed by atoms with Crippen molar-refractivity contribution in [3.05, 3.63) is 127 Å². The van der Waals surface area contributed by atoms with E-state index in [1.54, 1.807) is 0 Å². The number of hydrogen-bond acceptors (Lipinski definition) is 2. The summed E-state index contributed by atoms with van der Waals surface area (Å²) < 4.78 is 15.4. The molecule has 3 heterocycles. The van der Waals surface area contributed by atoms with E-state index in [0.29, 0.717) is 0 Å². The molecule has 0 saturated heterocycles. The van der Waals surface area contributed by atoms with Crippen LogP contribution in [0.5, 0.6) is 0 Å². The third-order valence-electron chi connectivity index (χ3n) is 7.99. The first kappa shape index (κ1) is 20.7. The highest BCUT2D eigenvalue weighted by atomic mass is 16.3. The van der Waals surface area contributed by atoms with Gasteiger partial charge in [0, 0.05) is 43.6 Å². The van der Waals surface area contributed by atoms with Crippen molar-refractivity contribution in [1.82, 2.24) is 4.57 Å². The van der Waals surface area contributed by atoms with Crippen LogP contribution < -0.4 is 0 Å². The van der Waals surface area contributed by atoms with E-state index < -0.39 is 0 Å². The molecule has 3 nitrogen and oxygen atoms in total. The van der Waals surface area contributed by atoms with Gasteiger partial charge in [-0.05, 0) is 42.0 Å². The van der Waals surface area contributed by atoms with Crippen molar-refractivity contribution in [3.8, 4) is 16.8 Å². The number of aromatic nitrogens is 1. The van der Waals surface area contributed by atoms with Crippen LogP contribution in [0.4, 0.5) is 0 Å². The van der Waals surface area contributed by atoms with Crippen LogP contribution in [-0.4, -0.2) is 4.57 Å². The van der Waals surface area contributed by atoms with Crippen molar-refractivity contribution >= 4 is 65.7 Å². The molecule has 0 spiro atoms. The summed E-state index contributed by atoms with van der Waals surface area (Å²) in [6.45, 7) is 0. The van der Waals surface area contributed by atoms with E-state index in [2.05, 4.69) is 108 Å². The summed E-state index contributed by atoms with van der Waals surface area (Å²) in [5.41, 5.74) is 9.10. The zero-order chi connectivity index (χ0) is 25.5. The van der Waals surface area contributed by atoms with E-state index in [0.717, 1.165) is 71.7 Å². The Morgan fingerprint density at radius 3 is 1.85 bits per heavy atom. The van der Waals surface area contributed by atoms with E-state index in [4.69, 9.17) is 8.83 Å². The molecule has 0 aliphatic carbocycles. The van der Waals surface area contributed by atoms with Crippen LogP contribution in [0, 0.1) is 0 Å². The number of furan rings is 2. The number of nitrogens with zero attached hydrogens (tertiary/aromatic N) is 1. The Morgan fingerprint density at radius 2 is 1.05 bits per heavy atom. The number of para-hydroxylation sites is 3. The number of fused-ring (bicyclic) bond motifs is 10. The van der Waals surface area contributed by atoms with Gasteiger partial charge in [0.1, 0.15) is 16.7 Å². The van der Waals surface area contributed by atoms with Crippen LogP contribution in [0.1, 0.15) is 0 Å². The van der Waals surface area contributed by atoms with Gasteiger partial charge in [-0.15, -0.1) is 0 Å². The topological polar surface area (TPSA) is 31.2 Å². The van der Waals surface area contributed by atoms with Gasteiger partial charge in [-0.3, -0.25) is 0 Å². The SMILES string of the molecule is c1ccc(-c2cc(-n3c4ccccc4c4ccc5c6ccccc6oc5c43)cc3c2oc2ccccc23)cc1. The molecule has 0 radical (unpaired) electrons. The fourth-order valence-electron chi connectivity index (χ4n) is 6.27. The van der Waals surface area contributed by atoms with Crippen LogP contribution in [0.2, 0.25) is 0 Å². The lowest BCUT2D eigenvalue weighted by Gasteiger charge is -2.12. The van der Waals surface area contributed by atoms with Crippen LogP contribution in [-0.2, 0) is 0 Å². The Hall–Kier alpha value is -5.28. The van der Waals surface area contributed by atoms with Crippen LogP contribution in [0.25, 0.3) is 82.5 Å². The summed E-state index contributed by atoms with van der Waals surface area (Å²) >= 11 is 0. The molecule has 3 heteroatoms. The molecule has 0 atom stereocenters. The molecular weight excluding hydrogens is 478 g/mol. The van der Waals surface area contributed by atoms with Gasteiger partial charge in [0.25, 0.3) is 0 Å². The maximum absolute atomic E-state index is 6.58. The average Bonchev–Trinajstić information content (AvgIpc) is 3.66. The molecular formula is C36H21NO2. The lowest BCUT2D eigenvalue weighted by Crippen LogP contribution is -1.95. The fourth-order valence-corrected chi connectivity index (χ4v) is 6.27. The first-order valence-electron chi connectivity index (χ1n) is 13.2. The molecule has 182 valence electrons. The minimum Gasteiger partial charge on any atom is -0.455 e. The highest BCUT2D eigenvalue weighted by Gasteiger charge is 2.21. The summed E-state index contributed by atoms with van der Waals surface area (Å²) in [7, 11) is 0. The van der Waals surface area contributed by atoms with Gasteiger partial charge < -0.3 is 13.4 Å². The standard InChI is InChI=1S/C36H21NO2/c1-2-10-22(11-3-1)29-20-23(21-30-26-14-6-9-17-33(26)38-35(29)30)37-31-15-7-4-12-24(31)27-18-19-28-25-13-5-8-16-32(25)39-36(28)34(27)37/h1-21H. The highest BCUT2D eigenvalue weighted by molar-refractivity contribution is 6.22. The third-order valence-corrected chi connectivity index (χ3v) is 7.99. The Balaban J connectivity index is 1.49. The summed E-state index contributed by atoms with van der Waals surface area (Å²) in [6, 6.07) is 44.6. The first-order valence-corrected chi connectivity index (χ1v) is 13.2. The molecule has 0 amide bonds. The molecule has 0 aliphatic heterocycles. The lowest BCUT2D eigenvalue weighted by molar-refractivity contribution is 0.670. The van der Waals surface area contributed by atoms with Crippen LogP contribution in [0.3, 0.4) is 0 Å². The largest absolute Gasteiger partial charge is 0.455 e. The van der Waals surface area contributed by atoms with Gasteiger partial charge in [-0.2, -0.15) is 0 Å². The van der Waals surface area contributed by atoms with Crippen molar-refractivity contribution < 1.29 is 8.83 Å². The van der Waals surface area contributed by atoms with Gasteiger partial charge in [0.2, 0.25) is 0 Å². The van der Waals surface area contributed by atoms with Gasteiger partial charge >= 0.3 is 0 Å². The van der Waals surface area contributed by atoms with Crippen LogP contribution >= 0.6 is 0 Å². The Bertz CT molecular complexity index is 2390. The van der Waals surface area contributed by atoms with Crippen molar-refractivity contribution in [2.24, 2.45) is 0 Å². The molecule has 6 aromatic carbocycles. The minimum absolute atomic E-state index is 0.892. The second-order valence-corrected chi connectivity index (χ2v) is 10.1. The molecule has 0 N–H and O–H groups in total. The van der Waals surface area contributed by atoms with E-state index >= 15 is 0 Å². The van der Waals surface area contributed by atoms with E-state index in [9.17, 15) is 0 Å². The van der Waals surface area contributed by atoms with Crippen molar-refractivity contribution in [1.29, 1.82) is 0 Å². The van der Waals surface area contributed by atoms with Gasteiger partial charge in [-0.25, -0.2) is 0 Å². The molecule has 0 unspecified atom stereocenters. The summed E-state index contributed by atoms with van der Waals surface area (Å²) in [5.74, 6) is 0. The van der Waals surface area contributed by atoms with Crippen molar-refractivity contribution in [2.75, 3.05) is 0 Å². The van der Waals surface area contributed by atoms with Gasteiger partial charge in [0.15, 0.2) is 5.58 Å². The molecule has 0 aliphatic rings. The van der Waals surface area contributed by atoms with Crippen molar-refractivity contribution in [2.45, 2.75) is 0 Å². The number of hydrogen-bond donors (Lipinski definition) is 0. The molecule has 0 fully saturated rings. The predicted octanol–water partition coefficient (Wildman–Crippen LogP) is 10.2. The zero-order valence-corrected chi connectivity index (χ0v) is 20.9. The monoisotopic (exact) mass is 499 g/mol. The second kappa shape index (κ2) is 7.62. The molecule has 0 saturated carbocycles. The Kier molecular flexibility index (Phi) is 4.05. The zero-order valence-electron chi connectivity index (χ0n) is 20.9. The molecule has 0 bridgehead atoms. The van der Waals surface area contributed by atoms with E-state index in [1.807, 2.05) is 24.3 Å². The highest BCUT2D eigenvalue weighted by Crippen LogP contribution is 2.43. The number of benzene rings is 6. The summed E-state index contributed by atoms with van der Waals surface area (Å²) in [4.78, 5) is 0. The molecule has 39 heavy (non-hydrogen) atoms. The molecule has 9 aromatic rings. The van der Waals surface area contributed by atoms with E-state index in [-0.39, 0.29) is 0 Å². The van der Waals surface area contributed by atoms with Crippen LogP contribution in [0.15, 0.2) is 136 Å². The minimum atomic E-state index is 0.892. The average molecular weight is 500 g/mol.